The quantitative estimate of drug-likeness (QED) is 0.833. The highest BCUT2D eigenvalue weighted by atomic mass is 16.5. The molecule has 2 aliphatic heterocycles. The van der Waals surface area contributed by atoms with Crippen LogP contribution in [0.5, 0.6) is 5.75 Å². The smallest absolute Gasteiger partial charge is 0.321 e. The van der Waals surface area contributed by atoms with Gasteiger partial charge in [0.1, 0.15) is 5.75 Å². The van der Waals surface area contributed by atoms with Crippen LogP contribution in [-0.4, -0.2) is 36.5 Å². The Labute approximate surface area is 123 Å². The summed E-state index contributed by atoms with van der Waals surface area (Å²) in [6, 6.07) is 5.16. The Hall–Kier alpha value is -2.24. The molecule has 2 heterocycles. The zero-order chi connectivity index (χ0) is 14.8. The van der Waals surface area contributed by atoms with Crippen molar-refractivity contribution < 1.29 is 14.3 Å². The summed E-state index contributed by atoms with van der Waals surface area (Å²) < 4.78 is 5.29. The number of fused-ring (bicyclic) bond motifs is 1. The number of anilines is 2. The van der Waals surface area contributed by atoms with E-state index in [1.165, 1.54) is 6.42 Å². The summed E-state index contributed by atoms with van der Waals surface area (Å²) in [5, 5.41) is 5.61. The van der Waals surface area contributed by atoms with E-state index in [2.05, 4.69) is 17.6 Å². The molecule has 6 nitrogen and oxygen atoms in total. The lowest BCUT2D eigenvalue weighted by Crippen LogP contribution is -2.41. The number of carbonyl (C=O) groups excluding carboxylic acids is 2. The summed E-state index contributed by atoms with van der Waals surface area (Å²) in [6.07, 6.45) is 2.22. The van der Waals surface area contributed by atoms with E-state index >= 15 is 0 Å². The Bertz CT molecular complexity index is 573. The number of nitrogens with one attached hydrogen (secondary N) is 2. The average Bonchev–Trinajstić information content (AvgIpc) is 2.46. The summed E-state index contributed by atoms with van der Waals surface area (Å²) >= 11 is 0. The van der Waals surface area contributed by atoms with E-state index in [4.69, 9.17) is 4.74 Å². The van der Waals surface area contributed by atoms with Gasteiger partial charge in [0.2, 0.25) is 0 Å². The Morgan fingerprint density at radius 2 is 2.33 bits per heavy atom. The minimum Gasteiger partial charge on any atom is -0.482 e. The fraction of sp³-hybridized carbons (Fsp3) is 0.467. The number of amides is 3. The molecule has 1 fully saturated rings. The van der Waals surface area contributed by atoms with Gasteiger partial charge in [-0.2, -0.15) is 0 Å². The number of urea groups is 1. The zero-order valence-electron chi connectivity index (χ0n) is 12.0. The van der Waals surface area contributed by atoms with Crippen LogP contribution in [0.3, 0.4) is 0 Å². The number of carbonyl (C=O) groups is 2. The summed E-state index contributed by atoms with van der Waals surface area (Å²) in [6.45, 7) is 3.77. The molecule has 1 aromatic rings. The van der Waals surface area contributed by atoms with E-state index < -0.39 is 0 Å². The van der Waals surface area contributed by atoms with Gasteiger partial charge < -0.3 is 20.3 Å². The van der Waals surface area contributed by atoms with Crippen molar-refractivity contribution in [2.45, 2.75) is 19.8 Å². The van der Waals surface area contributed by atoms with E-state index in [0.717, 1.165) is 19.5 Å². The topological polar surface area (TPSA) is 70.7 Å². The SMILES string of the molecule is C[C@H]1CCCN(C(=O)Nc2ccc3c(c2)NC(=O)CO3)C1. The molecule has 0 saturated carbocycles. The third-order valence-corrected chi connectivity index (χ3v) is 3.81. The maximum absolute atomic E-state index is 12.2. The largest absolute Gasteiger partial charge is 0.482 e. The van der Waals surface area contributed by atoms with Crippen LogP contribution in [0.25, 0.3) is 0 Å². The number of ether oxygens (including phenoxy) is 1. The van der Waals surface area contributed by atoms with Crippen LogP contribution >= 0.6 is 0 Å². The molecular weight excluding hydrogens is 270 g/mol. The van der Waals surface area contributed by atoms with Gasteiger partial charge in [-0.3, -0.25) is 4.79 Å². The van der Waals surface area contributed by atoms with Crippen LogP contribution in [0.1, 0.15) is 19.8 Å². The number of piperidine rings is 1. The average molecular weight is 289 g/mol. The van der Waals surface area contributed by atoms with E-state index in [-0.39, 0.29) is 18.5 Å². The molecule has 3 rings (SSSR count). The second-order valence-electron chi connectivity index (χ2n) is 5.67. The summed E-state index contributed by atoms with van der Waals surface area (Å²) in [5.74, 6) is 0.982. The third kappa shape index (κ3) is 3.09. The molecule has 0 aliphatic carbocycles. The molecule has 0 aromatic heterocycles. The van der Waals surface area contributed by atoms with Gasteiger partial charge >= 0.3 is 6.03 Å². The predicted molar refractivity (Wildman–Crippen MR) is 79.6 cm³/mol. The number of hydrogen-bond donors (Lipinski definition) is 2. The fourth-order valence-electron chi connectivity index (χ4n) is 2.74. The standard InChI is InChI=1S/C15H19N3O3/c1-10-3-2-6-18(8-10)15(20)16-11-4-5-13-12(7-11)17-14(19)9-21-13/h4-5,7,10H,2-3,6,8-9H2,1H3,(H,16,20)(H,17,19)/t10-/m0/s1. The lowest BCUT2D eigenvalue weighted by Gasteiger charge is -2.31. The molecule has 1 saturated heterocycles. The first-order valence-electron chi connectivity index (χ1n) is 7.24. The van der Waals surface area contributed by atoms with Gasteiger partial charge in [0, 0.05) is 18.8 Å². The summed E-state index contributed by atoms with van der Waals surface area (Å²) in [5.41, 5.74) is 1.25. The Morgan fingerprint density at radius 3 is 3.14 bits per heavy atom. The first kappa shape index (κ1) is 13.7. The van der Waals surface area contributed by atoms with Crippen molar-refractivity contribution in [2.24, 2.45) is 5.92 Å². The van der Waals surface area contributed by atoms with E-state index in [1.54, 1.807) is 18.2 Å². The van der Waals surface area contributed by atoms with Gasteiger partial charge in [0.25, 0.3) is 5.91 Å². The minimum absolute atomic E-state index is 0.0321. The lowest BCUT2D eigenvalue weighted by molar-refractivity contribution is -0.118. The Balaban J connectivity index is 1.68. The highest BCUT2D eigenvalue weighted by molar-refractivity contribution is 5.97. The first-order chi connectivity index (χ1) is 10.1. The monoisotopic (exact) mass is 289 g/mol. The van der Waals surface area contributed by atoms with Crippen molar-refractivity contribution in [2.75, 3.05) is 30.3 Å². The van der Waals surface area contributed by atoms with Crippen molar-refractivity contribution in [3.8, 4) is 5.75 Å². The molecule has 0 bridgehead atoms. The van der Waals surface area contributed by atoms with Gasteiger partial charge in [-0.1, -0.05) is 6.92 Å². The molecule has 0 unspecified atom stereocenters. The van der Waals surface area contributed by atoms with Crippen LogP contribution in [0, 0.1) is 5.92 Å². The number of benzene rings is 1. The fourth-order valence-corrected chi connectivity index (χ4v) is 2.74. The first-order valence-corrected chi connectivity index (χ1v) is 7.24. The number of nitrogens with zero attached hydrogens (tertiary/aromatic N) is 1. The lowest BCUT2D eigenvalue weighted by atomic mass is 10.0. The normalized spacial score (nSPS) is 21.1. The van der Waals surface area contributed by atoms with Crippen LogP contribution in [0.15, 0.2) is 18.2 Å². The Morgan fingerprint density at radius 1 is 1.48 bits per heavy atom. The number of rotatable bonds is 1. The highest BCUT2D eigenvalue weighted by Crippen LogP contribution is 2.30. The van der Waals surface area contributed by atoms with Crippen LogP contribution in [0.2, 0.25) is 0 Å². The van der Waals surface area contributed by atoms with Crippen LogP contribution in [-0.2, 0) is 4.79 Å². The van der Waals surface area contributed by atoms with Crippen molar-refractivity contribution in [1.82, 2.24) is 4.90 Å². The van der Waals surface area contributed by atoms with E-state index in [1.807, 2.05) is 4.90 Å². The molecule has 3 amide bonds. The maximum atomic E-state index is 12.2. The molecule has 1 aromatic carbocycles. The second kappa shape index (κ2) is 5.63. The van der Waals surface area contributed by atoms with Gasteiger partial charge in [-0.15, -0.1) is 0 Å². The molecule has 2 N–H and O–H groups in total. The number of hydrogen-bond acceptors (Lipinski definition) is 3. The third-order valence-electron chi connectivity index (χ3n) is 3.81. The molecule has 112 valence electrons. The van der Waals surface area contributed by atoms with Crippen molar-refractivity contribution in [3.63, 3.8) is 0 Å². The molecule has 1 atom stereocenters. The minimum atomic E-state index is -0.184. The molecular formula is C15H19N3O3. The van der Waals surface area contributed by atoms with Crippen molar-refractivity contribution in [3.05, 3.63) is 18.2 Å². The van der Waals surface area contributed by atoms with Gasteiger partial charge in [-0.25, -0.2) is 4.79 Å². The predicted octanol–water partition coefficient (Wildman–Crippen LogP) is 2.28. The van der Waals surface area contributed by atoms with E-state index in [0.29, 0.717) is 23.0 Å². The van der Waals surface area contributed by atoms with Crippen LogP contribution in [0.4, 0.5) is 16.2 Å². The van der Waals surface area contributed by atoms with Gasteiger partial charge in [0.15, 0.2) is 6.61 Å². The zero-order valence-corrected chi connectivity index (χ0v) is 12.0. The van der Waals surface area contributed by atoms with Crippen molar-refractivity contribution in [1.29, 1.82) is 0 Å². The second-order valence-corrected chi connectivity index (χ2v) is 5.67. The van der Waals surface area contributed by atoms with Crippen LogP contribution < -0.4 is 15.4 Å². The van der Waals surface area contributed by atoms with Crippen molar-refractivity contribution >= 4 is 23.3 Å². The van der Waals surface area contributed by atoms with Gasteiger partial charge in [-0.05, 0) is 37.0 Å². The Kier molecular flexibility index (Phi) is 3.68. The summed E-state index contributed by atoms with van der Waals surface area (Å²) in [4.78, 5) is 25.4. The maximum Gasteiger partial charge on any atom is 0.321 e. The molecule has 0 spiro atoms. The molecule has 6 heteroatoms. The molecule has 0 radical (unpaired) electrons. The molecule has 21 heavy (non-hydrogen) atoms. The molecule has 2 aliphatic rings. The summed E-state index contributed by atoms with van der Waals surface area (Å²) in [7, 11) is 0. The number of likely N-dealkylation sites (tertiary alicyclic amines) is 1. The highest BCUT2D eigenvalue weighted by Gasteiger charge is 2.22. The van der Waals surface area contributed by atoms with E-state index in [9.17, 15) is 9.59 Å². The van der Waals surface area contributed by atoms with Gasteiger partial charge in [0.05, 0.1) is 5.69 Å².